The molecule has 4 nitrogen and oxygen atoms in total. The van der Waals surface area contributed by atoms with Crippen LogP contribution >= 0.6 is 0 Å². The van der Waals surface area contributed by atoms with E-state index in [1.54, 1.807) is 0 Å². The Morgan fingerprint density at radius 2 is 2.21 bits per heavy atom. The highest BCUT2D eigenvalue weighted by molar-refractivity contribution is 5.49. The van der Waals surface area contributed by atoms with Crippen LogP contribution in [0.15, 0.2) is 18.2 Å². The minimum absolute atomic E-state index is 0.124. The van der Waals surface area contributed by atoms with E-state index in [2.05, 4.69) is 24.8 Å². The van der Waals surface area contributed by atoms with Crippen molar-refractivity contribution in [3.63, 3.8) is 0 Å². The van der Waals surface area contributed by atoms with Gasteiger partial charge < -0.3 is 16.2 Å². The molecule has 1 aromatic carbocycles. The predicted octanol–water partition coefficient (Wildman–Crippen LogP) is 1.72. The lowest BCUT2D eigenvalue weighted by Crippen LogP contribution is -2.39. The van der Waals surface area contributed by atoms with Crippen LogP contribution in [0.2, 0.25) is 0 Å². The van der Waals surface area contributed by atoms with Gasteiger partial charge in [-0.05, 0) is 29.2 Å². The Morgan fingerprint density at radius 1 is 1.42 bits per heavy atom. The number of rotatable bonds is 4. The summed E-state index contributed by atoms with van der Waals surface area (Å²) in [6.07, 6.45) is 0.124. The van der Waals surface area contributed by atoms with Gasteiger partial charge >= 0.3 is 0 Å². The van der Waals surface area contributed by atoms with Gasteiger partial charge in [-0.25, -0.2) is 0 Å². The fourth-order valence-corrected chi connectivity index (χ4v) is 2.50. The lowest BCUT2D eigenvalue weighted by atomic mass is 10.0. The van der Waals surface area contributed by atoms with Gasteiger partial charge in [-0.3, -0.25) is 4.90 Å². The molecular formula is C15H24N3O. The van der Waals surface area contributed by atoms with Gasteiger partial charge in [0.05, 0.1) is 12.7 Å². The molecule has 0 amide bonds. The quantitative estimate of drug-likeness (QED) is 0.811. The number of morpholine rings is 1. The van der Waals surface area contributed by atoms with E-state index in [-0.39, 0.29) is 6.10 Å². The van der Waals surface area contributed by atoms with Crippen molar-refractivity contribution in [3.05, 3.63) is 35.2 Å². The average molecular weight is 262 g/mol. The maximum Gasteiger partial charge on any atom is 0.0952 e. The SMILES string of the molecule is C[C](C)CN1CCO[C@H](c2ccc(N)c(CN)c2)C1. The van der Waals surface area contributed by atoms with Crippen LogP contribution in [0.5, 0.6) is 0 Å². The molecule has 0 aromatic heterocycles. The second kappa shape index (κ2) is 6.37. The third kappa shape index (κ3) is 3.69. The molecular weight excluding hydrogens is 238 g/mol. The van der Waals surface area contributed by atoms with Gasteiger partial charge in [0, 0.05) is 31.9 Å². The highest BCUT2D eigenvalue weighted by atomic mass is 16.5. The van der Waals surface area contributed by atoms with Crippen molar-refractivity contribution in [2.75, 3.05) is 32.0 Å². The normalized spacial score (nSPS) is 20.9. The van der Waals surface area contributed by atoms with Gasteiger partial charge in [0.1, 0.15) is 0 Å². The van der Waals surface area contributed by atoms with E-state index in [1.165, 1.54) is 11.5 Å². The van der Waals surface area contributed by atoms with Crippen molar-refractivity contribution in [2.45, 2.75) is 26.5 Å². The van der Waals surface area contributed by atoms with Crippen LogP contribution < -0.4 is 11.5 Å². The number of nitrogens with two attached hydrogens (primary N) is 2. The van der Waals surface area contributed by atoms with Crippen molar-refractivity contribution in [2.24, 2.45) is 5.73 Å². The van der Waals surface area contributed by atoms with Crippen LogP contribution in [0.25, 0.3) is 0 Å². The lowest BCUT2D eigenvalue weighted by Gasteiger charge is -2.34. The molecule has 1 saturated heterocycles. The average Bonchev–Trinajstić information content (AvgIpc) is 2.39. The summed E-state index contributed by atoms with van der Waals surface area (Å²) in [6, 6.07) is 6.05. The van der Waals surface area contributed by atoms with E-state index in [1.807, 2.05) is 12.1 Å². The van der Waals surface area contributed by atoms with E-state index in [0.717, 1.165) is 37.5 Å². The highest BCUT2D eigenvalue weighted by Crippen LogP contribution is 2.25. The van der Waals surface area contributed by atoms with Crippen LogP contribution in [-0.4, -0.2) is 31.1 Å². The monoisotopic (exact) mass is 262 g/mol. The molecule has 105 valence electrons. The molecule has 1 aliphatic rings. The smallest absolute Gasteiger partial charge is 0.0952 e. The minimum atomic E-state index is 0.124. The summed E-state index contributed by atoms with van der Waals surface area (Å²) in [5.41, 5.74) is 14.5. The molecule has 4 N–H and O–H groups in total. The lowest BCUT2D eigenvalue weighted by molar-refractivity contribution is -0.0283. The molecule has 0 unspecified atom stereocenters. The summed E-state index contributed by atoms with van der Waals surface area (Å²) >= 11 is 0. The zero-order chi connectivity index (χ0) is 13.8. The summed E-state index contributed by atoms with van der Waals surface area (Å²) in [6.45, 7) is 8.55. The van der Waals surface area contributed by atoms with Crippen LogP contribution in [0, 0.1) is 5.92 Å². The van der Waals surface area contributed by atoms with Crippen molar-refractivity contribution < 1.29 is 4.74 Å². The summed E-state index contributed by atoms with van der Waals surface area (Å²) in [5, 5.41) is 0. The fraction of sp³-hybridized carbons (Fsp3) is 0.533. The summed E-state index contributed by atoms with van der Waals surface area (Å²) in [4.78, 5) is 2.43. The maximum absolute atomic E-state index is 5.89. The van der Waals surface area contributed by atoms with Crippen molar-refractivity contribution in [1.29, 1.82) is 0 Å². The summed E-state index contributed by atoms with van der Waals surface area (Å²) in [5.74, 6) is 1.43. The molecule has 0 bridgehead atoms. The van der Waals surface area contributed by atoms with E-state index < -0.39 is 0 Å². The third-order valence-corrected chi connectivity index (χ3v) is 3.45. The van der Waals surface area contributed by atoms with Gasteiger partial charge in [-0.2, -0.15) is 0 Å². The molecule has 0 saturated carbocycles. The maximum atomic E-state index is 5.89. The van der Waals surface area contributed by atoms with Crippen LogP contribution in [0.3, 0.4) is 0 Å². The highest BCUT2D eigenvalue weighted by Gasteiger charge is 2.22. The van der Waals surface area contributed by atoms with Crippen molar-refractivity contribution in [3.8, 4) is 0 Å². The summed E-state index contributed by atoms with van der Waals surface area (Å²) in [7, 11) is 0. The Balaban J connectivity index is 2.08. The third-order valence-electron chi connectivity index (χ3n) is 3.45. The molecule has 1 radical (unpaired) electrons. The van der Waals surface area contributed by atoms with Crippen LogP contribution in [-0.2, 0) is 11.3 Å². The predicted molar refractivity (Wildman–Crippen MR) is 78.5 cm³/mol. The van der Waals surface area contributed by atoms with Crippen molar-refractivity contribution >= 4 is 5.69 Å². The Hall–Kier alpha value is -1.10. The number of nitrogens with zero attached hydrogens (tertiary/aromatic N) is 1. The number of nitrogen functional groups attached to an aromatic ring is 1. The van der Waals surface area contributed by atoms with Gasteiger partial charge in [-0.1, -0.05) is 19.9 Å². The molecule has 1 atom stereocenters. The number of anilines is 1. The van der Waals surface area contributed by atoms with E-state index >= 15 is 0 Å². The number of benzene rings is 1. The largest absolute Gasteiger partial charge is 0.398 e. The Kier molecular flexibility index (Phi) is 4.80. The number of hydrogen-bond acceptors (Lipinski definition) is 4. The van der Waals surface area contributed by atoms with Crippen molar-refractivity contribution in [1.82, 2.24) is 4.90 Å². The molecule has 2 rings (SSSR count). The number of hydrogen-bond donors (Lipinski definition) is 2. The van der Waals surface area contributed by atoms with Crippen LogP contribution in [0.4, 0.5) is 5.69 Å². The molecule has 1 heterocycles. The first-order valence-corrected chi connectivity index (χ1v) is 6.81. The molecule has 0 spiro atoms. The Morgan fingerprint density at radius 3 is 2.89 bits per heavy atom. The fourth-order valence-electron chi connectivity index (χ4n) is 2.50. The van der Waals surface area contributed by atoms with Gasteiger partial charge in [0.2, 0.25) is 0 Å². The first-order chi connectivity index (χ1) is 9.10. The van der Waals surface area contributed by atoms with E-state index in [4.69, 9.17) is 16.2 Å². The van der Waals surface area contributed by atoms with Gasteiger partial charge in [-0.15, -0.1) is 0 Å². The zero-order valence-electron chi connectivity index (χ0n) is 11.9. The second-order valence-electron chi connectivity index (χ2n) is 5.46. The zero-order valence-corrected chi connectivity index (χ0v) is 11.9. The molecule has 4 heteroatoms. The Labute approximate surface area is 115 Å². The molecule has 1 aromatic rings. The molecule has 0 aliphatic carbocycles. The molecule has 19 heavy (non-hydrogen) atoms. The van der Waals surface area contributed by atoms with Gasteiger partial charge in [0.15, 0.2) is 0 Å². The van der Waals surface area contributed by atoms with Crippen LogP contribution in [0.1, 0.15) is 31.1 Å². The first kappa shape index (κ1) is 14.3. The second-order valence-corrected chi connectivity index (χ2v) is 5.46. The molecule has 1 fully saturated rings. The minimum Gasteiger partial charge on any atom is -0.398 e. The Bertz CT molecular complexity index is 420. The molecule has 1 aliphatic heterocycles. The van der Waals surface area contributed by atoms with Gasteiger partial charge in [0.25, 0.3) is 0 Å². The number of ether oxygens (including phenoxy) is 1. The van der Waals surface area contributed by atoms with E-state index in [0.29, 0.717) is 6.54 Å². The summed E-state index contributed by atoms with van der Waals surface area (Å²) < 4.78 is 5.88. The van der Waals surface area contributed by atoms with E-state index in [9.17, 15) is 0 Å². The first-order valence-electron chi connectivity index (χ1n) is 6.81. The standard InChI is InChI=1S/C15H24N3O/c1-11(2)9-18-5-6-19-15(10-18)12-3-4-14(17)13(7-12)8-16/h3-4,7,15H,5-6,8-10,16-17H2,1-2H3/t15-/m0/s1. The topological polar surface area (TPSA) is 64.5 Å².